The Labute approximate surface area is 112 Å². The van der Waals surface area contributed by atoms with Crippen molar-refractivity contribution >= 4 is 0 Å². The molecule has 1 aromatic carbocycles. The van der Waals surface area contributed by atoms with Gasteiger partial charge in [0, 0.05) is 12.3 Å². The summed E-state index contributed by atoms with van der Waals surface area (Å²) in [5, 5.41) is 0. The number of methoxy groups -OCH3 is 1. The van der Waals surface area contributed by atoms with Crippen LogP contribution in [0.25, 0.3) is 0 Å². The fraction of sp³-hybridized carbons (Fsp3) is 0.529. The maximum Gasteiger partial charge on any atom is 0.119 e. The lowest BCUT2D eigenvalue weighted by Gasteiger charge is -2.19. The lowest BCUT2D eigenvalue weighted by molar-refractivity contribution is 0.414. The summed E-state index contributed by atoms with van der Waals surface area (Å²) in [6, 6.07) is 6.38. The molecule has 0 fully saturated rings. The minimum absolute atomic E-state index is 0.392. The molecular formula is C17H24O. The SMILES string of the molecule is CCC#CC(C)C(C)c1ccc(OC)cc1CC. The highest BCUT2D eigenvalue weighted by Crippen LogP contribution is 2.29. The third kappa shape index (κ3) is 3.53. The number of benzene rings is 1. The average Bonchev–Trinajstić information content (AvgIpc) is 2.43. The van der Waals surface area contributed by atoms with Crippen LogP contribution in [0, 0.1) is 17.8 Å². The van der Waals surface area contributed by atoms with Crippen molar-refractivity contribution in [3.05, 3.63) is 29.3 Å². The van der Waals surface area contributed by atoms with Crippen LogP contribution in [0.15, 0.2) is 18.2 Å². The molecule has 0 bridgehead atoms. The van der Waals surface area contributed by atoms with Gasteiger partial charge >= 0.3 is 0 Å². The Morgan fingerprint density at radius 2 is 1.94 bits per heavy atom. The summed E-state index contributed by atoms with van der Waals surface area (Å²) in [6.45, 7) is 8.75. The molecule has 0 aliphatic carbocycles. The van der Waals surface area contributed by atoms with Gasteiger partial charge in [0.25, 0.3) is 0 Å². The van der Waals surface area contributed by atoms with Gasteiger partial charge in [0.1, 0.15) is 5.75 Å². The Morgan fingerprint density at radius 1 is 1.22 bits per heavy atom. The van der Waals surface area contributed by atoms with Crippen molar-refractivity contribution < 1.29 is 4.74 Å². The standard InChI is InChI=1S/C17H24O/c1-6-8-9-13(3)14(4)17-11-10-16(18-5)12-15(17)7-2/h10-14H,6-7H2,1-5H3. The molecule has 0 radical (unpaired) electrons. The minimum Gasteiger partial charge on any atom is -0.497 e. The smallest absolute Gasteiger partial charge is 0.119 e. The zero-order valence-electron chi connectivity index (χ0n) is 12.2. The predicted molar refractivity (Wildman–Crippen MR) is 78.0 cm³/mol. The molecule has 0 aromatic heterocycles. The van der Waals surface area contributed by atoms with E-state index >= 15 is 0 Å². The summed E-state index contributed by atoms with van der Waals surface area (Å²) in [4.78, 5) is 0. The highest BCUT2D eigenvalue weighted by Gasteiger charge is 2.15. The quantitative estimate of drug-likeness (QED) is 0.713. The first-order valence-electron chi connectivity index (χ1n) is 6.79. The van der Waals surface area contributed by atoms with E-state index in [4.69, 9.17) is 4.74 Å². The summed E-state index contributed by atoms with van der Waals surface area (Å²) >= 11 is 0. The number of rotatable bonds is 4. The van der Waals surface area contributed by atoms with Gasteiger partial charge in [-0.25, -0.2) is 0 Å². The van der Waals surface area contributed by atoms with Gasteiger partial charge in [-0.2, -0.15) is 0 Å². The first-order chi connectivity index (χ1) is 8.63. The Balaban J connectivity index is 3.01. The lowest BCUT2D eigenvalue weighted by Crippen LogP contribution is -2.07. The third-order valence-corrected chi connectivity index (χ3v) is 3.48. The Kier molecular flexibility index (Phi) is 5.78. The van der Waals surface area contributed by atoms with Crippen LogP contribution in [0.3, 0.4) is 0 Å². The second-order valence-electron chi connectivity index (χ2n) is 4.67. The summed E-state index contributed by atoms with van der Waals surface area (Å²) < 4.78 is 5.29. The topological polar surface area (TPSA) is 9.23 Å². The van der Waals surface area contributed by atoms with Gasteiger partial charge in [-0.3, -0.25) is 0 Å². The van der Waals surface area contributed by atoms with Gasteiger partial charge < -0.3 is 4.74 Å². The van der Waals surface area contributed by atoms with Crippen LogP contribution < -0.4 is 4.74 Å². The van der Waals surface area contributed by atoms with Crippen LogP contribution >= 0.6 is 0 Å². The predicted octanol–water partition coefficient (Wildman–Crippen LogP) is 4.41. The van der Waals surface area contributed by atoms with E-state index in [1.54, 1.807) is 7.11 Å². The third-order valence-electron chi connectivity index (χ3n) is 3.48. The molecule has 0 spiro atoms. The van der Waals surface area contributed by atoms with E-state index in [0.29, 0.717) is 11.8 Å². The van der Waals surface area contributed by atoms with Crippen molar-refractivity contribution in [2.24, 2.45) is 5.92 Å². The number of hydrogen-bond donors (Lipinski definition) is 0. The van der Waals surface area contributed by atoms with Crippen molar-refractivity contribution in [3.63, 3.8) is 0 Å². The van der Waals surface area contributed by atoms with Crippen LogP contribution in [0.2, 0.25) is 0 Å². The van der Waals surface area contributed by atoms with Crippen LogP contribution in [0.1, 0.15) is 51.2 Å². The summed E-state index contributed by atoms with van der Waals surface area (Å²) in [6.07, 6.45) is 1.96. The molecule has 2 atom stereocenters. The van der Waals surface area contributed by atoms with Gasteiger partial charge in [-0.15, -0.1) is 5.92 Å². The van der Waals surface area contributed by atoms with Crippen LogP contribution in [0.4, 0.5) is 0 Å². The van der Waals surface area contributed by atoms with Gasteiger partial charge in [-0.1, -0.05) is 39.7 Å². The second kappa shape index (κ2) is 7.11. The first-order valence-corrected chi connectivity index (χ1v) is 6.79. The molecule has 0 amide bonds. The molecular weight excluding hydrogens is 220 g/mol. The largest absolute Gasteiger partial charge is 0.497 e. The van der Waals surface area contributed by atoms with E-state index in [1.165, 1.54) is 11.1 Å². The Morgan fingerprint density at radius 3 is 2.50 bits per heavy atom. The molecule has 18 heavy (non-hydrogen) atoms. The number of aryl methyl sites for hydroxylation is 1. The molecule has 0 saturated carbocycles. The van der Waals surface area contributed by atoms with Crippen LogP contribution in [0.5, 0.6) is 5.75 Å². The highest BCUT2D eigenvalue weighted by molar-refractivity contribution is 5.38. The monoisotopic (exact) mass is 244 g/mol. The lowest BCUT2D eigenvalue weighted by atomic mass is 9.85. The van der Waals surface area contributed by atoms with Gasteiger partial charge in [0.15, 0.2) is 0 Å². The van der Waals surface area contributed by atoms with Crippen molar-refractivity contribution in [1.82, 2.24) is 0 Å². The molecule has 98 valence electrons. The van der Waals surface area contributed by atoms with Crippen molar-refractivity contribution in [2.45, 2.75) is 46.5 Å². The van der Waals surface area contributed by atoms with E-state index in [1.807, 2.05) is 6.07 Å². The zero-order valence-corrected chi connectivity index (χ0v) is 12.2. The minimum atomic E-state index is 0.392. The normalized spacial score (nSPS) is 13.4. The second-order valence-corrected chi connectivity index (χ2v) is 4.67. The molecule has 0 heterocycles. The molecule has 0 saturated heterocycles. The maximum absolute atomic E-state index is 5.29. The van der Waals surface area contributed by atoms with Crippen LogP contribution in [-0.4, -0.2) is 7.11 Å². The highest BCUT2D eigenvalue weighted by atomic mass is 16.5. The zero-order chi connectivity index (χ0) is 13.5. The van der Waals surface area contributed by atoms with Gasteiger partial charge in [0.2, 0.25) is 0 Å². The molecule has 1 aromatic rings. The maximum atomic E-state index is 5.29. The van der Waals surface area contributed by atoms with E-state index in [9.17, 15) is 0 Å². The molecule has 1 nitrogen and oxygen atoms in total. The average molecular weight is 244 g/mol. The van der Waals surface area contributed by atoms with Crippen molar-refractivity contribution in [3.8, 4) is 17.6 Å². The summed E-state index contributed by atoms with van der Waals surface area (Å²) in [5.41, 5.74) is 2.77. The van der Waals surface area contributed by atoms with Gasteiger partial charge in [0.05, 0.1) is 7.11 Å². The van der Waals surface area contributed by atoms with Crippen molar-refractivity contribution in [1.29, 1.82) is 0 Å². The van der Waals surface area contributed by atoms with Crippen LogP contribution in [-0.2, 0) is 6.42 Å². The van der Waals surface area contributed by atoms with E-state index in [2.05, 4.69) is 51.7 Å². The number of ether oxygens (including phenoxy) is 1. The summed E-state index contributed by atoms with van der Waals surface area (Å²) in [5.74, 6) is 8.31. The number of hydrogen-bond acceptors (Lipinski definition) is 1. The molecule has 1 rings (SSSR count). The molecule has 1 heteroatoms. The first kappa shape index (κ1) is 14.6. The Hall–Kier alpha value is -1.42. The van der Waals surface area contributed by atoms with Crippen molar-refractivity contribution in [2.75, 3.05) is 7.11 Å². The Bertz CT molecular complexity index is 437. The summed E-state index contributed by atoms with van der Waals surface area (Å²) in [7, 11) is 1.72. The molecule has 0 N–H and O–H groups in total. The molecule has 0 aliphatic heterocycles. The van der Waals surface area contributed by atoms with E-state index in [0.717, 1.165) is 18.6 Å². The fourth-order valence-corrected chi connectivity index (χ4v) is 2.12. The van der Waals surface area contributed by atoms with E-state index < -0.39 is 0 Å². The fourth-order valence-electron chi connectivity index (χ4n) is 2.12. The van der Waals surface area contributed by atoms with Gasteiger partial charge in [-0.05, 0) is 35.6 Å². The molecule has 0 aliphatic rings. The van der Waals surface area contributed by atoms with E-state index in [-0.39, 0.29) is 0 Å². The molecule has 2 unspecified atom stereocenters.